The Balaban J connectivity index is 2.14. The molecule has 6 heteroatoms. The van der Waals surface area contributed by atoms with E-state index in [0.29, 0.717) is 6.54 Å². The molecule has 22 heavy (non-hydrogen) atoms. The van der Waals surface area contributed by atoms with E-state index in [1.165, 1.54) is 20.5 Å². The molecule has 1 heterocycles. The Hall–Kier alpha value is -1.85. The SMILES string of the molecule is COC(=O)CC(NC(C)=O)C(=O)N1CC=CC12CCCCC2. The first kappa shape index (κ1) is 16.5. The van der Waals surface area contributed by atoms with E-state index in [0.717, 1.165) is 25.7 Å². The predicted molar refractivity (Wildman–Crippen MR) is 80.9 cm³/mol. The van der Waals surface area contributed by atoms with Crippen LogP contribution in [-0.2, 0) is 19.1 Å². The highest BCUT2D eigenvalue weighted by atomic mass is 16.5. The van der Waals surface area contributed by atoms with Crippen molar-refractivity contribution in [2.75, 3.05) is 13.7 Å². The Bertz CT molecular complexity index is 481. The van der Waals surface area contributed by atoms with Crippen molar-refractivity contribution in [1.29, 1.82) is 0 Å². The third-order valence-corrected chi connectivity index (χ3v) is 4.51. The first-order chi connectivity index (χ1) is 10.5. The van der Waals surface area contributed by atoms with Crippen LogP contribution in [0, 0.1) is 0 Å². The van der Waals surface area contributed by atoms with Gasteiger partial charge in [-0.3, -0.25) is 14.4 Å². The smallest absolute Gasteiger partial charge is 0.308 e. The van der Waals surface area contributed by atoms with Gasteiger partial charge in [-0.05, 0) is 12.8 Å². The average Bonchev–Trinajstić information content (AvgIpc) is 2.89. The number of ether oxygens (including phenoxy) is 1. The summed E-state index contributed by atoms with van der Waals surface area (Å²) < 4.78 is 4.64. The van der Waals surface area contributed by atoms with Crippen LogP contribution in [0.4, 0.5) is 0 Å². The number of carbonyl (C=O) groups excluding carboxylic acids is 3. The highest BCUT2D eigenvalue weighted by Crippen LogP contribution is 2.38. The molecule has 1 N–H and O–H groups in total. The standard InChI is InChI=1S/C16H24N2O4/c1-12(19)17-13(11-14(20)22-2)15(21)18-10-6-9-16(18)7-4-3-5-8-16/h6,9,13H,3-5,7-8,10-11H2,1-2H3,(H,17,19). The quantitative estimate of drug-likeness (QED) is 0.624. The van der Waals surface area contributed by atoms with Crippen molar-refractivity contribution < 1.29 is 19.1 Å². The van der Waals surface area contributed by atoms with Gasteiger partial charge in [0.05, 0.1) is 19.1 Å². The maximum atomic E-state index is 12.9. The second kappa shape index (κ2) is 6.94. The molecule has 122 valence electrons. The van der Waals surface area contributed by atoms with Crippen molar-refractivity contribution in [3.63, 3.8) is 0 Å². The summed E-state index contributed by atoms with van der Waals surface area (Å²) in [5.74, 6) is -1.03. The van der Waals surface area contributed by atoms with Crippen LogP contribution in [0.3, 0.4) is 0 Å². The molecule has 1 aliphatic heterocycles. The number of hydrogen-bond acceptors (Lipinski definition) is 4. The molecule has 1 aliphatic carbocycles. The number of nitrogens with one attached hydrogen (secondary N) is 1. The molecule has 1 spiro atoms. The fourth-order valence-corrected chi connectivity index (χ4v) is 3.44. The maximum absolute atomic E-state index is 12.9. The molecule has 1 saturated carbocycles. The number of amides is 2. The van der Waals surface area contributed by atoms with Crippen LogP contribution < -0.4 is 5.32 Å². The molecule has 0 aromatic carbocycles. The maximum Gasteiger partial charge on any atom is 0.308 e. The molecule has 0 aromatic heterocycles. The average molecular weight is 308 g/mol. The molecule has 1 atom stereocenters. The number of nitrogens with zero attached hydrogens (tertiary/aromatic N) is 1. The number of rotatable bonds is 4. The van der Waals surface area contributed by atoms with Crippen molar-refractivity contribution >= 4 is 17.8 Å². The van der Waals surface area contributed by atoms with Crippen LogP contribution in [-0.4, -0.2) is 47.9 Å². The Morgan fingerprint density at radius 3 is 2.55 bits per heavy atom. The van der Waals surface area contributed by atoms with E-state index in [4.69, 9.17) is 0 Å². The summed E-state index contributed by atoms with van der Waals surface area (Å²) in [7, 11) is 1.28. The highest BCUT2D eigenvalue weighted by molar-refractivity contribution is 5.91. The third-order valence-electron chi connectivity index (χ3n) is 4.51. The van der Waals surface area contributed by atoms with E-state index in [2.05, 4.69) is 16.1 Å². The van der Waals surface area contributed by atoms with Gasteiger partial charge in [0, 0.05) is 13.5 Å². The molecule has 1 unspecified atom stereocenters. The predicted octanol–water partition coefficient (Wildman–Crippen LogP) is 1.16. The summed E-state index contributed by atoms with van der Waals surface area (Å²) in [6, 6.07) is -0.858. The van der Waals surface area contributed by atoms with Crippen LogP contribution in [0.15, 0.2) is 12.2 Å². The molecule has 6 nitrogen and oxygen atoms in total. The van der Waals surface area contributed by atoms with Crippen molar-refractivity contribution in [3.8, 4) is 0 Å². The van der Waals surface area contributed by atoms with Gasteiger partial charge in [-0.15, -0.1) is 0 Å². The largest absolute Gasteiger partial charge is 0.469 e. The zero-order valence-corrected chi connectivity index (χ0v) is 13.3. The number of carbonyl (C=O) groups is 3. The molecule has 0 bridgehead atoms. The van der Waals surface area contributed by atoms with Crippen LogP contribution in [0.2, 0.25) is 0 Å². The Morgan fingerprint density at radius 2 is 1.95 bits per heavy atom. The summed E-state index contributed by atoms with van der Waals surface area (Å²) in [5, 5.41) is 2.59. The van der Waals surface area contributed by atoms with Gasteiger partial charge < -0.3 is 15.0 Å². The third kappa shape index (κ3) is 3.48. The lowest BCUT2D eigenvalue weighted by Gasteiger charge is -2.42. The topological polar surface area (TPSA) is 75.7 Å². The minimum absolute atomic E-state index is 0.137. The number of hydrogen-bond donors (Lipinski definition) is 1. The van der Waals surface area contributed by atoms with Gasteiger partial charge in [-0.1, -0.05) is 31.4 Å². The first-order valence-corrected chi connectivity index (χ1v) is 7.81. The number of esters is 1. The van der Waals surface area contributed by atoms with Gasteiger partial charge in [0.15, 0.2) is 0 Å². The molecule has 2 amide bonds. The normalized spacial score (nSPS) is 20.7. The highest BCUT2D eigenvalue weighted by Gasteiger charge is 2.43. The van der Waals surface area contributed by atoms with Crippen LogP contribution in [0.1, 0.15) is 45.4 Å². The summed E-state index contributed by atoms with van der Waals surface area (Å²) in [6.07, 6.45) is 9.25. The van der Waals surface area contributed by atoms with Gasteiger partial charge in [-0.2, -0.15) is 0 Å². The lowest BCUT2D eigenvalue weighted by Crippen LogP contribution is -2.56. The van der Waals surface area contributed by atoms with E-state index in [9.17, 15) is 14.4 Å². The summed E-state index contributed by atoms with van der Waals surface area (Å²) >= 11 is 0. The first-order valence-electron chi connectivity index (χ1n) is 7.81. The van der Waals surface area contributed by atoms with Gasteiger partial charge in [0.1, 0.15) is 6.04 Å². The van der Waals surface area contributed by atoms with Crippen LogP contribution in [0.5, 0.6) is 0 Å². The Morgan fingerprint density at radius 1 is 1.27 bits per heavy atom. The second-order valence-electron chi connectivity index (χ2n) is 6.05. The molecule has 0 aromatic rings. The van der Waals surface area contributed by atoms with Crippen molar-refractivity contribution in [2.45, 2.75) is 57.0 Å². The lowest BCUT2D eigenvalue weighted by molar-refractivity contribution is -0.147. The van der Waals surface area contributed by atoms with E-state index >= 15 is 0 Å². The van der Waals surface area contributed by atoms with Crippen LogP contribution in [0.25, 0.3) is 0 Å². The fraction of sp³-hybridized carbons (Fsp3) is 0.688. The van der Waals surface area contributed by atoms with Crippen molar-refractivity contribution in [3.05, 3.63) is 12.2 Å². The van der Waals surface area contributed by atoms with Gasteiger partial charge in [-0.25, -0.2) is 0 Å². The van der Waals surface area contributed by atoms with E-state index in [-0.39, 0.29) is 23.8 Å². The summed E-state index contributed by atoms with van der Waals surface area (Å²) in [4.78, 5) is 37.6. The molecule has 2 rings (SSSR count). The lowest BCUT2D eigenvalue weighted by atomic mass is 9.81. The Labute approximate surface area is 130 Å². The minimum atomic E-state index is -0.858. The van der Waals surface area contributed by atoms with Crippen LogP contribution >= 0.6 is 0 Å². The Kier molecular flexibility index (Phi) is 5.21. The molecular formula is C16H24N2O4. The van der Waals surface area contributed by atoms with Crippen molar-refractivity contribution in [1.82, 2.24) is 10.2 Å². The van der Waals surface area contributed by atoms with Gasteiger partial charge in [0.2, 0.25) is 11.8 Å². The van der Waals surface area contributed by atoms with E-state index in [1.54, 1.807) is 0 Å². The van der Waals surface area contributed by atoms with Crippen molar-refractivity contribution in [2.24, 2.45) is 0 Å². The monoisotopic (exact) mass is 308 g/mol. The zero-order valence-electron chi connectivity index (χ0n) is 13.3. The van der Waals surface area contributed by atoms with Gasteiger partial charge >= 0.3 is 5.97 Å². The van der Waals surface area contributed by atoms with E-state index < -0.39 is 12.0 Å². The zero-order chi connectivity index (χ0) is 16.2. The molecule has 0 radical (unpaired) electrons. The minimum Gasteiger partial charge on any atom is -0.469 e. The van der Waals surface area contributed by atoms with E-state index in [1.807, 2.05) is 11.0 Å². The molecular weight excluding hydrogens is 284 g/mol. The van der Waals surface area contributed by atoms with Gasteiger partial charge in [0.25, 0.3) is 0 Å². The second-order valence-corrected chi connectivity index (χ2v) is 6.05. The molecule has 1 fully saturated rings. The molecule has 0 saturated heterocycles. The number of methoxy groups -OCH3 is 1. The molecule has 2 aliphatic rings. The summed E-state index contributed by atoms with van der Waals surface area (Å²) in [6.45, 7) is 1.88. The fourth-order valence-electron chi connectivity index (χ4n) is 3.44. The summed E-state index contributed by atoms with van der Waals surface area (Å²) in [5.41, 5.74) is -0.234.